The Morgan fingerprint density at radius 1 is 0.944 bits per heavy atom. The first kappa shape index (κ1) is 25.5. The molecule has 2 heterocycles. The molecule has 0 aliphatic heterocycles. The maximum Gasteiger partial charge on any atom is 0.416 e. The van der Waals surface area contributed by atoms with Crippen molar-refractivity contribution in [3.63, 3.8) is 0 Å². The van der Waals surface area contributed by atoms with Gasteiger partial charge in [-0.2, -0.15) is 28.1 Å². The number of nitrogens with one attached hydrogen (secondary N) is 2. The largest absolute Gasteiger partial charge is 0.416 e. The van der Waals surface area contributed by atoms with E-state index in [1.807, 2.05) is 6.92 Å². The summed E-state index contributed by atoms with van der Waals surface area (Å²) in [5.41, 5.74) is 0.280. The molecule has 0 aliphatic carbocycles. The van der Waals surface area contributed by atoms with Gasteiger partial charge in [-0.1, -0.05) is 18.2 Å². The lowest BCUT2D eigenvalue weighted by Gasteiger charge is -2.10. The lowest BCUT2D eigenvalue weighted by atomic mass is 10.1. The molecular formula is C24H22F3N6OPS. The summed E-state index contributed by atoms with van der Waals surface area (Å²) in [7, 11) is -2.39. The van der Waals surface area contributed by atoms with Gasteiger partial charge in [0.05, 0.1) is 5.56 Å². The first-order valence-electron chi connectivity index (χ1n) is 10.7. The zero-order chi connectivity index (χ0) is 25.9. The lowest BCUT2D eigenvalue weighted by Crippen LogP contribution is -2.07. The molecule has 7 nitrogen and oxygen atoms in total. The van der Waals surface area contributed by atoms with E-state index in [2.05, 4.69) is 30.6 Å². The quantitative estimate of drug-likeness (QED) is 0.261. The van der Waals surface area contributed by atoms with Crippen LogP contribution in [0.2, 0.25) is 0 Å². The molecule has 186 valence electrons. The summed E-state index contributed by atoms with van der Waals surface area (Å²) in [6, 6.07) is 12.1. The molecule has 0 fully saturated rings. The van der Waals surface area contributed by atoms with Crippen LogP contribution in [0, 0.1) is 6.92 Å². The highest BCUT2D eigenvalue weighted by Gasteiger charge is 2.30. The summed E-state index contributed by atoms with van der Waals surface area (Å²) in [4.78, 5) is 18.4. The molecule has 0 atom stereocenters. The molecule has 4 aromatic rings. The fourth-order valence-electron chi connectivity index (χ4n) is 3.11. The average Bonchev–Trinajstić information content (AvgIpc) is 3.21. The highest BCUT2D eigenvalue weighted by Crippen LogP contribution is 2.35. The summed E-state index contributed by atoms with van der Waals surface area (Å²) in [6.07, 6.45) is 0.286. The Labute approximate surface area is 210 Å². The first-order valence-corrected chi connectivity index (χ1v) is 14.1. The number of benzene rings is 2. The number of nitrogens with zero attached hydrogens (tertiary/aromatic N) is 4. The summed E-state index contributed by atoms with van der Waals surface area (Å²) < 4.78 is 51.4. The summed E-state index contributed by atoms with van der Waals surface area (Å²) in [5, 5.41) is 7.45. The predicted octanol–water partition coefficient (Wildman–Crippen LogP) is 6.56. The third-order valence-electron chi connectivity index (χ3n) is 4.88. The van der Waals surface area contributed by atoms with E-state index in [-0.39, 0.29) is 17.7 Å². The standard InChI is InChI=1S/C24H22F3N6OPS/c1-15-14-28-23(36-15)33-22-31-20(12-7-16-5-4-6-17(13-16)24(25,26)27)30-21(32-22)29-18-8-10-19(11-9-18)35(2,3)34/h4-14H,1-3H3,(H2,28,29,30,31,32,33). The van der Waals surface area contributed by atoms with Crippen LogP contribution in [0.5, 0.6) is 0 Å². The normalized spacial score (nSPS) is 12.2. The second-order valence-corrected chi connectivity index (χ2v) is 12.7. The fourth-order valence-corrected chi connectivity index (χ4v) is 4.63. The monoisotopic (exact) mass is 530 g/mol. The number of hydrogen-bond acceptors (Lipinski definition) is 8. The van der Waals surface area contributed by atoms with Gasteiger partial charge in [0.25, 0.3) is 0 Å². The van der Waals surface area contributed by atoms with Crippen molar-refractivity contribution in [1.82, 2.24) is 19.9 Å². The predicted molar refractivity (Wildman–Crippen MR) is 139 cm³/mol. The van der Waals surface area contributed by atoms with Crippen LogP contribution in [-0.2, 0) is 10.7 Å². The Hall–Kier alpha value is -3.56. The van der Waals surface area contributed by atoms with E-state index in [0.717, 1.165) is 22.3 Å². The number of hydrogen-bond donors (Lipinski definition) is 2. The van der Waals surface area contributed by atoms with E-state index in [0.29, 0.717) is 16.4 Å². The van der Waals surface area contributed by atoms with Crippen molar-refractivity contribution in [3.8, 4) is 0 Å². The molecular weight excluding hydrogens is 508 g/mol. The van der Waals surface area contributed by atoms with Crippen molar-refractivity contribution in [1.29, 1.82) is 0 Å². The molecule has 12 heteroatoms. The van der Waals surface area contributed by atoms with Crippen molar-refractivity contribution in [3.05, 3.63) is 76.6 Å². The van der Waals surface area contributed by atoms with Crippen LogP contribution in [-0.4, -0.2) is 33.3 Å². The van der Waals surface area contributed by atoms with E-state index >= 15 is 0 Å². The van der Waals surface area contributed by atoms with Crippen LogP contribution >= 0.6 is 18.5 Å². The van der Waals surface area contributed by atoms with E-state index in [4.69, 9.17) is 0 Å². The van der Waals surface area contributed by atoms with Crippen molar-refractivity contribution in [2.75, 3.05) is 24.0 Å². The lowest BCUT2D eigenvalue weighted by molar-refractivity contribution is -0.137. The van der Waals surface area contributed by atoms with Gasteiger partial charge in [0, 0.05) is 22.1 Å². The maximum atomic E-state index is 13.0. The van der Waals surface area contributed by atoms with E-state index in [1.165, 1.54) is 29.6 Å². The first-order chi connectivity index (χ1) is 17.0. The van der Waals surface area contributed by atoms with Gasteiger partial charge in [-0.3, -0.25) is 5.32 Å². The molecule has 0 amide bonds. The minimum Gasteiger partial charge on any atom is -0.324 e. The third kappa shape index (κ3) is 6.77. The summed E-state index contributed by atoms with van der Waals surface area (Å²) in [5.74, 6) is 0.658. The Morgan fingerprint density at radius 3 is 2.25 bits per heavy atom. The average molecular weight is 531 g/mol. The van der Waals surface area contributed by atoms with Crippen molar-refractivity contribution in [2.45, 2.75) is 13.1 Å². The van der Waals surface area contributed by atoms with Crippen LogP contribution in [0.1, 0.15) is 21.8 Å². The van der Waals surface area contributed by atoms with Gasteiger partial charge < -0.3 is 9.88 Å². The van der Waals surface area contributed by atoms with Crippen molar-refractivity contribution in [2.24, 2.45) is 0 Å². The molecule has 4 rings (SSSR count). The van der Waals surface area contributed by atoms with E-state index in [9.17, 15) is 17.7 Å². The number of aromatic nitrogens is 4. The van der Waals surface area contributed by atoms with Crippen LogP contribution in [0.15, 0.2) is 54.7 Å². The molecule has 0 unspecified atom stereocenters. The minimum atomic E-state index is -4.43. The highest BCUT2D eigenvalue weighted by molar-refractivity contribution is 7.70. The number of alkyl halides is 3. The fraction of sp³-hybridized carbons (Fsp3) is 0.167. The van der Waals surface area contributed by atoms with Gasteiger partial charge in [0.15, 0.2) is 11.0 Å². The molecule has 2 N–H and O–H groups in total. The van der Waals surface area contributed by atoms with Gasteiger partial charge in [0.2, 0.25) is 11.9 Å². The second-order valence-electron chi connectivity index (χ2n) is 8.22. The summed E-state index contributed by atoms with van der Waals surface area (Å²) >= 11 is 1.42. The zero-order valence-corrected chi connectivity index (χ0v) is 21.2. The number of halogens is 3. The highest BCUT2D eigenvalue weighted by atomic mass is 32.1. The van der Waals surface area contributed by atoms with Gasteiger partial charge in [0.1, 0.15) is 7.14 Å². The maximum absolute atomic E-state index is 13.0. The molecule has 0 radical (unpaired) electrons. The van der Waals surface area contributed by atoms with Crippen LogP contribution in [0.3, 0.4) is 0 Å². The molecule has 0 bridgehead atoms. The Morgan fingerprint density at radius 2 is 1.64 bits per heavy atom. The Bertz CT molecular complexity index is 1450. The van der Waals surface area contributed by atoms with Crippen molar-refractivity contribution < 1.29 is 17.7 Å². The number of anilines is 4. The molecule has 0 aliphatic rings. The third-order valence-corrected chi connectivity index (χ3v) is 7.25. The van der Waals surface area contributed by atoms with Gasteiger partial charge >= 0.3 is 6.18 Å². The molecule has 2 aromatic carbocycles. The van der Waals surface area contributed by atoms with Crippen LogP contribution in [0.25, 0.3) is 12.2 Å². The van der Waals surface area contributed by atoms with Gasteiger partial charge in [-0.15, -0.1) is 11.3 Å². The van der Waals surface area contributed by atoms with Crippen LogP contribution < -0.4 is 15.9 Å². The SMILES string of the molecule is Cc1cnc(Nc2nc(C=Cc3cccc(C(F)(F)F)c3)nc(Nc3ccc(P(C)(C)=O)cc3)n2)s1. The minimum absolute atomic E-state index is 0.216. The van der Waals surface area contributed by atoms with Crippen molar-refractivity contribution >= 4 is 58.7 Å². The Balaban J connectivity index is 1.64. The zero-order valence-electron chi connectivity index (χ0n) is 19.5. The molecule has 36 heavy (non-hydrogen) atoms. The molecule has 0 saturated heterocycles. The smallest absolute Gasteiger partial charge is 0.324 e. The second kappa shape index (κ2) is 10.2. The number of thiazole rings is 1. The van der Waals surface area contributed by atoms with Crippen LogP contribution in [0.4, 0.5) is 35.9 Å². The Kier molecular flexibility index (Phi) is 7.23. The number of aryl methyl sites for hydroxylation is 1. The van der Waals surface area contributed by atoms with E-state index < -0.39 is 18.9 Å². The summed E-state index contributed by atoms with van der Waals surface area (Å²) in [6.45, 7) is 5.31. The van der Waals surface area contributed by atoms with Gasteiger partial charge in [-0.05, 0) is 68.3 Å². The molecule has 2 aromatic heterocycles. The van der Waals surface area contributed by atoms with E-state index in [1.54, 1.807) is 49.9 Å². The number of rotatable bonds is 7. The molecule has 0 saturated carbocycles. The molecule has 0 spiro atoms. The topological polar surface area (TPSA) is 92.7 Å². The van der Waals surface area contributed by atoms with Gasteiger partial charge in [-0.25, -0.2) is 4.98 Å².